The van der Waals surface area contributed by atoms with Crippen LogP contribution in [-0.4, -0.2) is 50.1 Å². The van der Waals surface area contributed by atoms with Crippen molar-refractivity contribution in [3.8, 4) is 0 Å². The van der Waals surface area contributed by atoms with Crippen LogP contribution in [0, 0.1) is 23.2 Å². The summed E-state index contributed by atoms with van der Waals surface area (Å²) < 4.78 is 0. The lowest BCUT2D eigenvalue weighted by atomic mass is 9.49. The SMILES string of the molecule is O=C(CN1CCN(c2ccccc2)CC1)NCC12CC3CC(CC(C3)C1)C2. The normalized spacial score (nSPS) is 35.4. The third kappa shape index (κ3) is 3.73. The summed E-state index contributed by atoms with van der Waals surface area (Å²) in [6, 6.07) is 10.6. The number of carbonyl (C=O) groups excluding carboxylic acids is 1. The summed E-state index contributed by atoms with van der Waals surface area (Å²) in [6.45, 7) is 5.45. The van der Waals surface area contributed by atoms with Crippen molar-refractivity contribution in [3.63, 3.8) is 0 Å². The molecule has 1 aliphatic heterocycles. The van der Waals surface area contributed by atoms with E-state index >= 15 is 0 Å². The maximum absolute atomic E-state index is 12.6. The minimum Gasteiger partial charge on any atom is -0.369 e. The van der Waals surface area contributed by atoms with Crippen LogP contribution < -0.4 is 10.2 Å². The van der Waals surface area contributed by atoms with E-state index in [0.29, 0.717) is 12.0 Å². The Kier molecular flexibility index (Phi) is 4.63. The zero-order valence-electron chi connectivity index (χ0n) is 16.4. The lowest BCUT2D eigenvalue weighted by Gasteiger charge is -2.57. The predicted molar refractivity (Wildman–Crippen MR) is 109 cm³/mol. The van der Waals surface area contributed by atoms with Gasteiger partial charge in [-0.05, 0) is 73.8 Å². The van der Waals surface area contributed by atoms with Crippen molar-refractivity contribution in [1.82, 2.24) is 10.2 Å². The quantitative estimate of drug-likeness (QED) is 0.868. The van der Waals surface area contributed by atoms with E-state index in [0.717, 1.165) is 50.5 Å². The fourth-order valence-electron chi connectivity index (χ4n) is 6.85. The van der Waals surface area contributed by atoms with E-state index < -0.39 is 0 Å². The number of para-hydroxylation sites is 1. The van der Waals surface area contributed by atoms with Crippen molar-refractivity contribution in [2.24, 2.45) is 23.2 Å². The van der Waals surface area contributed by atoms with Gasteiger partial charge < -0.3 is 10.2 Å². The molecular formula is C23H33N3O. The zero-order valence-corrected chi connectivity index (χ0v) is 16.4. The Hall–Kier alpha value is -1.55. The van der Waals surface area contributed by atoms with Gasteiger partial charge in [0.05, 0.1) is 6.54 Å². The van der Waals surface area contributed by atoms with E-state index in [9.17, 15) is 4.79 Å². The molecule has 4 heteroatoms. The van der Waals surface area contributed by atoms with Gasteiger partial charge in [-0.1, -0.05) is 18.2 Å². The number of anilines is 1. The van der Waals surface area contributed by atoms with Gasteiger partial charge in [-0.3, -0.25) is 9.69 Å². The number of carbonyl (C=O) groups is 1. The van der Waals surface area contributed by atoms with Gasteiger partial charge in [0.25, 0.3) is 0 Å². The average molecular weight is 368 g/mol. The Morgan fingerprint density at radius 3 is 2.11 bits per heavy atom. The van der Waals surface area contributed by atoms with Crippen molar-refractivity contribution in [3.05, 3.63) is 30.3 Å². The van der Waals surface area contributed by atoms with Gasteiger partial charge in [-0.25, -0.2) is 0 Å². The molecule has 146 valence electrons. The maximum Gasteiger partial charge on any atom is 0.234 e. The molecule has 0 unspecified atom stereocenters. The Bertz CT molecular complexity index is 630. The third-order valence-corrected chi connectivity index (χ3v) is 7.69. The second-order valence-electron chi connectivity index (χ2n) is 9.79. The molecule has 0 atom stereocenters. The molecule has 1 N–H and O–H groups in total. The molecule has 4 saturated carbocycles. The van der Waals surface area contributed by atoms with Crippen molar-refractivity contribution >= 4 is 11.6 Å². The highest BCUT2D eigenvalue weighted by molar-refractivity contribution is 5.78. The molecule has 0 radical (unpaired) electrons. The largest absolute Gasteiger partial charge is 0.369 e. The first-order valence-electron chi connectivity index (χ1n) is 11.0. The molecule has 1 aromatic rings. The van der Waals surface area contributed by atoms with E-state index in [2.05, 4.69) is 45.4 Å². The molecule has 6 rings (SSSR count). The molecule has 1 saturated heterocycles. The summed E-state index contributed by atoms with van der Waals surface area (Å²) in [5.41, 5.74) is 1.74. The van der Waals surface area contributed by atoms with Crippen LogP contribution in [0.2, 0.25) is 0 Å². The van der Waals surface area contributed by atoms with Crippen LogP contribution in [0.3, 0.4) is 0 Å². The molecule has 5 fully saturated rings. The average Bonchev–Trinajstić information content (AvgIpc) is 2.67. The van der Waals surface area contributed by atoms with Crippen LogP contribution in [-0.2, 0) is 4.79 Å². The number of benzene rings is 1. The van der Waals surface area contributed by atoms with Crippen molar-refractivity contribution < 1.29 is 4.79 Å². The molecule has 1 amide bonds. The number of nitrogens with zero attached hydrogens (tertiary/aromatic N) is 2. The van der Waals surface area contributed by atoms with E-state index in [4.69, 9.17) is 0 Å². The fraction of sp³-hybridized carbons (Fsp3) is 0.696. The second kappa shape index (κ2) is 7.12. The van der Waals surface area contributed by atoms with Gasteiger partial charge in [0.1, 0.15) is 0 Å². The van der Waals surface area contributed by atoms with Crippen LogP contribution in [0.5, 0.6) is 0 Å². The molecule has 4 nitrogen and oxygen atoms in total. The first kappa shape index (κ1) is 17.5. The van der Waals surface area contributed by atoms with Crippen LogP contribution in [0.4, 0.5) is 5.69 Å². The van der Waals surface area contributed by atoms with Crippen LogP contribution in [0.25, 0.3) is 0 Å². The van der Waals surface area contributed by atoms with Crippen LogP contribution in [0.1, 0.15) is 38.5 Å². The first-order valence-corrected chi connectivity index (χ1v) is 11.0. The van der Waals surface area contributed by atoms with Gasteiger partial charge in [0.2, 0.25) is 5.91 Å². The topological polar surface area (TPSA) is 35.6 Å². The number of piperazine rings is 1. The maximum atomic E-state index is 12.6. The minimum atomic E-state index is 0.235. The second-order valence-corrected chi connectivity index (χ2v) is 9.79. The Morgan fingerprint density at radius 1 is 0.926 bits per heavy atom. The number of nitrogens with one attached hydrogen (secondary N) is 1. The minimum absolute atomic E-state index is 0.235. The summed E-state index contributed by atoms with van der Waals surface area (Å²) in [4.78, 5) is 17.3. The van der Waals surface area contributed by atoms with Crippen molar-refractivity contribution in [2.45, 2.75) is 38.5 Å². The lowest BCUT2D eigenvalue weighted by Crippen LogP contribution is -2.53. The smallest absolute Gasteiger partial charge is 0.234 e. The molecule has 4 bridgehead atoms. The number of rotatable bonds is 5. The lowest BCUT2D eigenvalue weighted by molar-refractivity contribution is -0.124. The van der Waals surface area contributed by atoms with E-state index in [1.54, 1.807) is 0 Å². The van der Waals surface area contributed by atoms with Crippen LogP contribution >= 0.6 is 0 Å². The summed E-state index contributed by atoms with van der Waals surface area (Å²) in [7, 11) is 0. The van der Waals surface area contributed by atoms with Gasteiger partial charge in [0.15, 0.2) is 0 Å². The highest BCUT2D eigenvalue weighted by Crippen LogP contribution is 2.59. The molecule has 5 aliphatic rings. The van der Waals surface area contributed by atoms with E-state index in [1.165, 1.54) is 44.2 Å². The number of hydrogen-bond acceptors (Lipinski definition) is 3. The highest BCUT2D eigenvalue weighted by atomic mass is 16.2. The van der Waals surface area contributed by atoms with Gasteiger partial charge in [0, 0.05) is 38.4 Å². The Labute approximate surface area is 163 Å². The monoisotopic (exact) mass is 367 g/mol. The Morgan fingerprint density at radius 2 is 1.52 bits per heavy atom. The highest BCUT2D eigenvalue weighted by Gasteiger charge is 2.50. The summed E-state index contributed by atoms with van der Waals surface area (Å²) >= 11 is 0. The molecule has 1 heterocycles. The van der Waals surface area contributed by atoms with Gasteiger partial charge in [-0.15, -0.1) is 0 Å². The number of hydrogen-bond donors (Lipinski definition) is 1. The van der Waals surface area contributed by atoms with Gasteiger partial charge in [-0.2, -0.15) is 0 Å². The zero-order chi connectivity index (χ0) is 18.3. The molecule has 1 aromatic carbocycles. The van der Waals surface area contributed by atoms with Crippen LogP contribution in [0.15, 0.2) is 30.3 Å². The molecular weight excluding hydrogens is 334 g/mol. The molecule has 27 heavy (non-hydrogen) atoms. The first-order chi connectivity index (χ1) is 13.2. The molecule has 4 aliphatic carbocycles. The fourth-order valence-corrected chi connectivity index (χ4v) is 6.85. The standard InChI is InChI=1S/C23H33N3O/c27-22(16-25-6-8-26(9-7-25)21-4-2-1-3-5-21)24-17-23-13-18-10-19(14-23)12-20(11-18)15-23/h1-5,18-20H,6-17H2,(H,24,27). The number of amides is 1. The van der Waals surface area contributed by atoms with Gasteiger partial charge >= 0.3 is 0 Å². The summed E-state index contributed by atoms with van der Waals surface area (Å²) in [5.74, 6) is 3.11. The molecule has 0 aromatic heterocycles. The molecule has 0 spiro atoms. The summed E-state index contributed by atoms with van der Waals surface area (Å²) in [6.07, 6.45) is 8.52. The third-order valence-electron chi connectivity index (χ3n) is 7.69. The van der Waals surface area contributed by atoms with E-state index in [-0.39, 0.29) is 5.91 Å². The van der Waals surface area contributed by atoms with Crippen molar-refractivity contribution in [1.29, 1.82) is 0 Å². The van der Waals surface area contributed by atoms with Crippen molar-refractivity contribution in [2.75, 3.05) is 44.2 Å². The van der Waals surface area contributed by atoms with E-state index in [1.807, 2.05) is 0 Å². The predicted octanol–water partition coefficient (Wildman–Crippen LogP) is 3.14. The Balaban J connectivity index is 1.08. The summed E-state index contributed by atoms with van der Waals surface area (Å²) in [5, 5.41) is 3.34.